The van der Waals surface area contributed by atoms with Crippen LogP contribution in [-0.4, -0.2) is 42.6 Å². The minimum atomic E-state index is -0.236. The van der Waals surface area contributed by atoms with Crippen LogP contribution < -0.4 is 4.74 Å². The van der Waals surface area contributed by atoms with Crippen LogP contribution in [0.1, 0.15) is 65.1 Å². The molecule has 1 aliphatic carbocycles. The van der Waals surface area contributed by atoms with Gasteiger partial charge in [0.05, 0.1) is 7.11 Å². The summed E-state index contributed by atoms with van der Waals surface area (Å²) in [6.45, 7) is 2.31. The number of hydrogen-bond acceptors (Lipinski definition) is 4. The fourth-order valence-corrected chi connectivity index (χ4v) is 6.81. The molecule has 2 saturated heterocycles. The molecule has 3 aromatic rings. The number of piperidine rings is 2. The molecular weight excluding hydrogens is 462 g/mol. The number of Topliss-reactive ketones (excluding diaryl/α,β-unsaturated/α-hetero) is 1. The molecule has 2 bridgehead atoms. The molecule has 0 radical (unpaired) electrons. The zero-order valence-corrected chi connectivity index (χ0v) is 21.5. The first kappa shape index (κ1) is 23.8. The van der Waals surface area contributed by atoms with Gasteiger partial charge in [-0.2, -0.15) is 0 Å². The molecule has 1 amide bonds. The van der Waals surface area contributed by atoms with Crippen LogP contribution in [0, 0.1) is 12.8 Å². The van der Waals surface area contributed by atoms with Crippen molar-refractivity contribution in [2.24, 2.45) is 5.92 Å². The first-order valence-corrected chi connectivity index (χ1v) is 13.4. The summed E-state index contributed by atoms with van der Waals surface area (Å²) in [6.07, 6.45) is 4.07. The van der Waals surface area contributed by atoms with E-state index in [1.165, 1.54) is 22.3 Å². The number of fused-ring (bicyclic) bond motifs is 5. The van der Waals surface area contributed by atoms with Gasteiger partial charge in [-0.1, -0.05) is 48.5 Å². The monoisotopic (exact) mass is 495 g/mol. The smallest absolute Gasteiger partial charge is 0.410 e. The Labute approximate surface area is 218 Å². The van der Waals surface area contributed by atoms with E-state index in [2.05, 4.69) is 48.5 Å². The Morgan fingerprint density at radius 2 is 1.51 bits per heavy atom. The number of carbonyl (C=O) groups is 2. The minimum Gasteiger partial charge on any atom is -0.497 e. The summed E-state index contributed by atoms with van der Waals surface area (Å²) in [5, 5.41) is 0. The summed E-state index contributed by atoms with van der Waals surface area (Å²) in [4.78, 5) is 28.9. The highest BCUT2D eigenvalue weighted by molar-refractivity contribution is 5.98. The van der Waals surface area contributed by atoms with Gasteiger partial charge < -0.3 is 14.4 Å². The number of methoxy groups -OCH3 is 1. The Kier molecular flexibility index (Phi) is 6.23. The summed E-state index contributed by atoms with van der Waals surface area (Å²) in [5.74, 6) is 0.830. The lowest BCUT2D eigenvalue weighted by molar-refractivity contribution is 0.00650. The van der Waals surface area contributed by atoms with E-state index >= 15 is 0 Å². The molecule has 5 nitrogen and oxygen atoms in total. The molecule has 2 heterocycles. The summed E-state index contributed by atoms with van der Waals surface area (Å²) in [7, 11) is 1.63. The van der Waals surface area contributed by atoms with Gasteiger partial charge in [0.1, 0.15) is 12.4 Å². The number of benzene rings is 3. The van der Waals surface area contributed by atoms with Gasteiger partial charge in [0.15, 0.2) is 5.78 Å². The van der Waals surface area contributed by atoms with Gasteiger partial charge in [-0.05, 0) is 85.0 Å². The number of aryl methyl sites for hydroxylation is 1. The molecule has 3 aromatic carbocycles. The quantitative estimate of drug-likeness (QED) is 0.367. The van der Waals surface area contributed by atoms with E-state index in [0.29, 0.717) is 30.8 Å². The van der Waals surface area contributed by atoms with Gasteiger partial charge in [0, 0.05) is 29.5 Å². The summed E-state index contributed by atoms with van der Waals surface area (Å²) < 4.78 is 11.4. The first-order valence-electron chi connectivity index (χ1n) is 13.4. The highest BCUT2D eigenvalue weighted by Gasteiger charge is 2.44. The van der Waals surface area contributed by atoms with E-state index in [0.717, 1.165) is 24.8 Å². The van der Waals surface area contributed by atoms with E-state index in [1.807, 2.05) is 30.0 Å². The maximum atomic E-state index is 13.5. The molecule has 0 aromatic heterocycles. The summed E-state index contributed by atoms with van der Waals surface area (Å²) in [5.41, 5.74) is 6.60. The Morgan fingerprint density at radius 3 is 2.14 bits per heavy atom. The van der Waals surface area contributed by atoms with Crippen LogP contribution in [0.2, 0.25) is 0 Å². The minimum absolute atomic E-state index is 0.0452. The number of amides is 1. The van der Waals surface area contributed by atoms with Crippen molar-refractivity contribution in [3.8, 4) is 16.9 Å². The van der Waals surface area contributed by atoms with Crippen LogP contribution >= 0.6 is 0 Å². The first-order chi connectivity index (χ1) is 18.0. The second kappa shape index (κ2) is 9.70. The maximum Gasteiger partial charge on any atom is 0.410 e. The third-order valence-corrected chi connectivity index (χ3v) is 8.46. The number of nitrogens with zero attached hydrogens (tertiary/aromatic N) is 1. The second-order valence-corrected chi connectivity index (χ2v) is 10.7. The van der Waals surface area contributed by atoms with Gasteiger partial charge in [0.2, 0.25) is 0 Å². The van der Waals surface area contributed by atoms with Crippen molar-refractivity contribution < 1.29 is 19.1 Å². The van der Waals surface area contributed by atoms with Gasteiger partial charge in [-0.25, -0.2) is 4.79 Å². The van der Waals surface area contributed by atoms with Crippen LogP contribution in [0.25, 0.3) is 11.1 Å². The highest BCUT2D eigenvalue weighted by Crippen LogP contribution is 2.45. The van der Waals surface area contributed by atoms with Gasteiger partial charge in [-0.3, -0.25) is 4.79 Å². The topological polar surface area (TPSA) is 55.8 Å². The molecule has 2 aliphatic heterocycles. The fourth-order valence-electron chi connectivity index (χ4n) is 6.81. The number of rotatable bonds is 5. The van der Waals surface area contributed by atoms with E-state index in [-0.39, 0.29) is 35.8 Å². The van der Waals surface area contributed by atoms with E-state index in [4.69, 9.17) is 9.47 Å². The molecule has 0 saturated carbocycles. The zero-order valence-electron chi connectivity index (χ0n) is 21.5. The number of ketones is 1. The molecule has 2 fully saturated rings. The SMILES string of the molecule is COc1cc(C)cc(C(=O)C2CC3CCCC(C2)N3C(=O)OCC2c3ccccc3-c3ccccc32)c1. The Balaban J connectivity index is 1.16. The fraction of sp³-hybridized carbons (Fsp3) is 0.375. The maximum absolute atomic E-state index is 13.5. The normalized spacial score (nSPS) is 22.2. The van der Waals surface area contributed by atoms with Crippen molar-refractivity contribution in [2.75, 3.05) is 13.7 Å². The average molecular weight is 496 g/mol. The predicted octanol–water partition coefficient (Wildman–Crippen LogP) is 6.77. The van der Waals surface area contributed by atoms with Crippen molar-refractivity contribution >= 4 is 11.9 Å². The number of ether oxygens (including phenoxy) is 2. The summed E-state index contributed by atoms with van der Waals surface area (Å²) in [6, 6.07) is 22.6. The molecule has 2 atom stereocenters. The number of carbonyl (C=O) groups excluding carboxylic acids is 2. The van der Waals surface area contributed by atoms with Crippen molar-refractivity contribution in [2.45, 2.75) is 57.0 Å². The van der Waals surface area contributed by atoms with E-state index < -0.39 is 0 Å². The predicted molar refractivity (Wildman–Crippen MR) is 143 cm³/mol. The molecule has 3 aliphatic rings. The highest BCUT2D eigenvalue weighted by atomic mass is 16.6. The standard InChI is InChI=1S/C32H33NO4/c1-20-14-21(18-25(15-20)36-2)31(34)22-16-23-8-7-9-24(17-22)33(23)32(35)37-19-30-28-12-5-3-10-26(28)27-11-4-6-13-29(27)30/h3-6,10-15,18,22-24,30H,7-9,16-17,19H2,1-2H3. The lowest BCUT2D eigenvalue weighted by Gasteiger charge is -2.47. The van der Waals surface area contributed by atoms with Gasteiger partial charge >= 0.3 is 6.09 Å². The largest absolute Gasteiger partial charge is 0.497 e. The zero-order chi connectivity index (χ0) is 25.5. The van der Waals surface area contributed by atoms with Crippen molar-refractivity contribution in [1.82, 2.24) is 4.90 Å². The van der Waals surface area contributed by atoms with Crippen molar-refractivity contribution in [3.05, 3.63) is 89.0 Å². The lowest BCUT2D eigenvalue weighted by atomic mass is 9.75. The third-order valence-electron chi connectivity index (χ3n) is 8.46. The third kappa shape index (κ3) is 4.30. The van der Waals surface area contributed by atoms with E-state index in [1.54, 1.807) is 7.11 Å². The molecule has 190 valence electrons. The van der Waals surface area contributed by atoms with Crippen LogP contribution in [0.5, 0.6) is 5.75 Å². The average Bonchev–Trinajstić information content (AvgIpc) is 3.23. The summed E-state index contributed by atoms with van der Waals surface area (Å²) >= 11 is 0. The molecule has 0 N–H and O–H groups in total. The second-order valence-electron chi connectivity index (χ2n) is 10.7. The van der Waals surface area contributed by atoms with Gasteiger partial charge in [0.25, 0.3) is 0 Å². The van der Waals surface area contributed by atoms with Crippen LogP contribution in [0.3, 0.4) is 0 Å². The Hall–Kier alpha value is -3.60. The Morgan fingerprint density at radius 1 is 0.892 bits per heavy atom. The molecule has 0 spiro atoms. The van der Waals surface area contributed by atoms with E-state index in [9.17, 15) is 9.59 Å². The molecule has 2 unspecified atom stereocenters. The van der Waals surface area contributed by atoms with Crippen molar-refractivity contribution in [3.63, 3.8) is 0 Å². The number of hydrogen-bond donors (Lipinski definition) is 0. The van der Waals surface area contributed by atoms with Gasteiger partial charge in [-0.15, -0.1) is 0 Å². The van der Waals surface area contributed by atoms with Crippen LogP contribution in [-0.2, 0) is 4.74 Å². The molecule has 37 heavy (non-hydrogen) atoms. The molecule has 6 rings (SSSR count). The van der Waals surface area contributed by atoms with Crippen LogP contribution in [0.4, 0.5) is 4.79 Å². The van der Waals surface area contributed by atoms with Crippen LogP contribution in [0.15, 0.2) is 66.7 Å². The molecular formula is C32H33NO4. The molecule has 5 heteroatoms. The Bertz CT molecular complexity index is 1290. The lowest BCUT2D eigenvalue weighted by Crippen LogP contribution is -2.55. The van der Waals surface area contributed by atoms with Crippen molar-refractivity contribution in [1.29, 1.82) is 0 Å².